The second kappa shape index (κ2) is 9.18. The number of nitrogens with one attached hydrogen (secondary N) is 4. The maximum absolute atomic E-state index is 13.7. The van der Waals surface area contributed by atoms with E-state index in [1.54, 1.807) is 0 Å². The lowest BCUT2D eigenvalue weighted by Crippen LogP contribution is -2.52. The minimum Gasteiger partial charge on any atom is -0.339 e. The second-order valence-electron chi connectivity index (χ2n) is 6.75. The van der Waals surface area contributed by atoms with Crippen LogP contribution in [-0.2, 0) is 4.79 Å². The first-order valence-corrected chi connectivity index (χ1v) is 9.05. The molecule has 2 aliphatic rings. The quantitative estimate of drug-likeness (QED) is 0.251. The molecular weight excluding hydrogens is 378 g/mol. The Labute approximate surface area is 154 Å². The van der Waals surface area contributed by atoms with E-state index in [9.17, 15) is 22.4 Å². The number of rotatable bonds is 4. The van der Waals surface area contributed by atoms with E-state index in [2.05, 4.69) is 26.5 Å². The smallest absolute Gasteiger partial charge is 0.339 e. The Kier molecular flexibility index (Phi) is 7.48. The van der Waals surface area contributed by atoms with Crippen molar-refractivity contribution < 1.29 is 22.4 Å². The van der Waals surface area contributed by atoms with Gasteiger partial charge < -0.3 is 5.32 Å². The van der Waals surface area contributed by atoms with Crippen molar-refractivity contribution in [2.45, 2.75) is 69.0 Å². The summed E-state index contributed by atoms with van der Waals surface area (Å²) < 4.78 is 50.8. The molecule has 1 aliphatic carbocycles. The fourth-order valence-corrected chi connectivity index (χ4v) is 3.15. The van der Waals surface area contributed by atoms with E-state index in [4.69, 9.17) is 11.6 Å². The van der Waals surface area contributed by atoms with E-state index in [-0.39, 0.29) is 24.6 Å². The van der Waals surface area contributed by atoms with Crippen LogP contribution in [0.5, 0.6) is 0 Å². The molecule has 0 bridgehead atoms. The molecule has 0 aromatic rings. The summed E-state index contributed by atoms with van der Waals surface area (Å²) >= 11 is 5.82. The summed E-state index contributed by atoms with van der Waals surface area (Å²) in [5.74, 6) is -1.09. The summed E-state index contributed by atoms with van der Waals surface area (Å²) in [5, 5.41) is 4.78. The Morgan fingerprint density at radius 1 is 1.27 bits per heavy atom. The third-order valence-corrected chi connectivity index (χ3v) is 4.87. The van der Waals surface area contributed by atoms with Gasteiger partial charge in [-0.25, -0.2) is 9.82 Å². The number of hydrazine groups is 1. The summed E-state index contributed by atoms with van der Waals surface area (Å²) in [5.41, 5.74) is 5.87. The van der Waals surface area contributed by atoms with Gasteiger partial charge in [0, 0.05) is 12.0 Å². The van der Waals surface area contributed by atoms with E-state index >= 15 is 0 Å². The summed E-state index contributed by atoms with van der Waals surface area (Å²) in [7, 11) is 0. The molecule has 0 radical (unpaired) electrons. The van der Waals surface area contributed by atoms with Gasteiger partial charge in [-0.15, -0.1) is 11.6 Å². The lowest BCUT2D eigenvalue weighted by Gasteiger charge is -2.28. The number of hydrogen-bond donors (Lipinski definition) is 4. The van der Waals surface area contributed by atoms with Crippen molar-refractivity contribution >= 4 is 23.5 Å². The Hall–Kier alpha value is -1.13. The summed E-state index contributed by atoms with van der Waals surface area (Å²) in [6, 6.07) is 0.158. The molecule has 2 rings (SSSR count). The molecule has 1 heterocycles. The lowest BCUT2D eigenvalue weighted by atomic mass is 9.87. The predicted molar refractivity (Wildman–Crippen MR) is 90.3 cm³/mol. The first kappa shape index (κ1) is 21.2. The molecule has 26 heavy (non-hydrogen) atoms. The highest BCUT2D eigenvalue weighted by Gasteiger charge is 2.34. The van der Waals surface area contributed by atoms with Gasteiger partial charge in [0.15, 0.2) is 5.96 Å². The predicted octanol–water partition coefficient (Wildman–Crippen LogP) is 1.96. The molecule has 1 amide bonds. The number of alkyl halides is 5. The average molecular weight is 402 g/mol. The van der Waals surface area contributed by atoms with Gasteiger partial charge >= 0.3 is 6.18 Å². The molecule has 4 N–H and O–H groups in total. The van der Waals surface area contributed by atoms with Crippen molar-refractivity contribution in [2.75, 3.05) is 6.54 Å². The minimum atomic E-state index is -4.33. The topological polar surface area (TPSA) is 77.5 Å². The highest BCUT2D eigenvalue weighted by atomic mass is 35.5. The van der Waals surface area contributed by atoms with Crippen molar-refractivity contribution in [3.63, 3.8) is 0 Å². The highest BCUT2D eigenvalue weighted by Crippen LogP contribution is 2.30. The number of aliphatic imine (C=N–C) groups is 1. The van der Waals surface area contributed by atoms with Gasteiger partial charge in [-0.2, -0.15) is 13.2 Å². The van der Waals surface area contributed by atoms with Gasteiger partial charge in [0.25, 0.3) is 0 Å². The number of halogens is 5. The molecule has 1 saturated carbocycles. The number of carbonyl (C=O) groups excluding carboxylic acids is 1. The zero-order valence-corrected chi connectivity index (χ0v) is 15.1. The molecule has 0 spiro atoms. The fraction of sp³-hybridized carbons (Fsp3) is 0.867. The molecule has 11 heteroatoms. The zero-order chi connectivity index (χ0) is 19.3. The fourth-order valence-electron chi connectivity index (χ4n) is 2.93. The third kappa shape index (κ3) is 6.88. The van der Waals surface area contributed by atoms with Crippen LogP contribution in [0.25, 0.3) is 0 Å². The standard InChI is InChI=1S/C15H24ClF4N5O/c1-8-6-12(25-24-8)22-14(21-5-4-15(18,19)20)23-13(26)9-2-3-10(16)11(17)7-9/h8-12,24-25H,2-7H2,1H3,(H2,21,22,23,26). The second-order valence-corrected chi connectivity index (χ2v) is 7.31. The lowest BCUT2D eigenvalue weighted by molar-refractivity contribution is -0.132. The maximum atomic E-state index is 13.7. The Morgan fingerprint density at radius 3 is 2.58 bits per heavy atom. The number of amides is 1. The molecule has 1 saturated heterocycles. The van der Waals surface area contributed by atoms with E-state index < -0.39 is 42.5 Å². The molecule has 150 valence electrons. The van der Waals surface area contributed by atoms with Crippen LogP contribution in [0.2, 0.25) is 0 Å². The van der Waals surface area contributed by atoms with E-state index in [0.29, 0.717) is 19.3 Å². The van der Waals surface area contributed by atoms with Crippen LogP contribution in [0.15, 0.2) is 4.99 Å². The van der Waals surface area contributed by atoms with Crippen molar-refractivity contribution in [1.29, 1.82) is 0 Å². The van der Waals surface area contributed by atoms with Gasteiger partial charge in [0.1, 0.15) is 6.17 Å². The SMILES string of the molecule is CC1CC(NC(=NCCC(F)(F)F)NC(=O)C2CCC(Cl)C(F)C2)NN1. The van der Waals surface area contributed by atoms with Crippen LogP contribution in [0.1, 0.15) is 39.0 Å². The van der Waals surface area contributed by atoms with Crippen LogP contribution in [0, 0.1) is 5.92 Å². The summed E-state index contributed by atoms with van der Waals surface area (Å²) in [6.07, 6.45) is -5.54. The maximum Gasteiger partial charge on any atom is 0.390 e. The normalized spacial score (nSPS) is 33.2. The summed E-state index contributed by atoms with van der Waals surface area (Å²) in [6.45, 7) is 1.42. The van der Waals surface area contributed by atoms with E-state index in [1.165, 1.54) is 0 Å². The van der Waals surface area contributed by atoms with E-state index in [0.717, 1.165) is 0 Å². The monoisotopic (exact) mass is 401 g/mol. The first-order chi connectivity index (χ1) is 12.1. The van der Waals surface area contributed by atoms with Crippen LogP contribution in [-0.4, -0.2) is 48.3 Å². The van der Waals surface area contributed by atoms with Gasteiger partial charge in [-0.3, -0.25) is 20.5 Å². The van der Waals surface area contributed by atoms with Crippen molar-refractivity contribution in [3.8, 4) is 0 Å². The van der Waals surface area contributed by atoms with Gasteiger partial charge in [-0.1, -0.05) is 0 Å². The minimum absolute atomic E-state index is 0.00387. The largest absolute Gasteiger partial charge is 0.390 e. The number of hydrogen-bond acceptors (Lipinski definition) is 4. The average Bonchev–Trinajstić information content (AvgIpc) is 2.93. The third-order valence-electron chi connectivity index (χ3n) is 4.37. The van der Waals surface area contributed by atoms with Crippen LogP contribution < -0.4 is 21.5 Å². The van der Waals surface area contributed by atoms with Crippen molar-refractivity contribution in [2.24, 2.45) is 10.9 Å². The zero-order valence-electron chi connectivity index (χ0n) is 14.4. The molecule has 6 nitrogen and oxygen atoms in total. The van der Waals surface area contributed by atoms with E-state index in [1.807, 2.05) is 6.92 Å². The Balaban J connectivity index is 1.95. The molecule has 2 fully saturated rings. The van der Waals surface area contributed by atoms with Gasteiger partial charge in [0.2, 0.25) is 5.91 Å². The highest BCUT2D eigenvalue weighted by molar-refractivity contribution is 6.21. The molecule has 5 unspecified atom stereocenters. The molecular formula is C15H24ClF4N5O. The van der Waals surface area contributed by atoms with Crippen molar-refractivity contribution in [3.05, 3.63) is 0 Å². The van der Waals surface area contributed by atoms with Gasteiger partial charge in [-0.05, 0) is 32.6 Å². The number of carbonyl (C=O) groups is 1. The van der Waals surface area contributed by atoms with Crippen LogP contribution in [0.4, 0.5) is 17.6 Å². The van der Waals surface area contributed by atoms with Crippen molar-refractivity contribution in [1.82, 2.24) is 21.5 Å². The molecule has 0 aromatic heterocycles. The van der Waals surface area contributed by atoms with Crippen LogP contribution in [0.3, 0.4) is 0 Å². The molecule has 1 aliphatic heterocycles. The van der Waals surface area contributed by atoms with Gasteiger partial charge in [0.05, 0.1) is 24.5 Å². The summed E-state index contributed by atoms with van der Waals surface area (Å²) in [4.78, 5) is 16.2. The molecule has 0 aromatic carbocycles. The number of guanidine groups is 1. The Morgan fingerprint density at radius 2 is 2.00 bits per heavy atom. The Bertz CT molecular complexity index is 519. The first-order valence-electron chi connectivity index (χ1n) is 8.62. The molecule has 5 atom stereocenters. The van der Waals surface area contributed by atoms with Crippen LogP contribution >= 0.6 is 11.6 Å². The number of nitrogens with zero attached hydrogens (tertiary/aromatic N) is 1.